The number of benzene rings is 2. The zero-order chi connectivity index (χ0) is 16.6. The number of hydrogen-bond donors (Lipinski definition) is 0. The number of pyridine rings is 1. The van der Waals surface area contributed by atoms with Crippen molar-refractivity contribution in [3.8, 4) is 11.4 Å². The van der Waals surface area contributed by atoms with Gasteiger partial charge in [0.15, 0.2) is 6.29 Å². The Hall–Kier alpha value is -2.40. The molecule has 0 spiro atoms. The highest BCUT2D eigenvalue weighted by atomic mass is 79.9. The summed E-state index contributed by atoms with van der Waals surface area (Å²) >= 11 is 3.49. The second-order valence-electron chi connectivity index (χ2n) is 5.17. The average Bonchev–Trinajstić information content (AvgIpc) is 2.57. The lowest BCUT2D eigenvalue weighted by molar-refractivity contribution is 0.112. The van der Waals surface area contributed by atoms with Gasteiger partial charge < -0.3 is 4.74 Å². The van der Waals surface area contributed by atoms with Crippen molar-refractivity contribution in [3.05, 3.63) is 68.5 Å². The first kappa shape index (κ1) is 15.5. The lowest BCUT2D eigenvalue weighted by Gasteiger charge is -2.12. The van der Waals surface area contributed by atoms with Gasteiger partial charge >= 0.3 is 0 Å². The minimum absolute atomic E-state index is 0.153. The Bertz CT molecular complexity index is 976. The van der Waals surface area contributed by atoms with E-state index >= 15 is 0 Å². The number of aldehydes is 1. The number of aromatic nitrogens is 1. The SMILES string of the molecule is COc1cc2c(=O)n(-c3cccc(Br)c3C)ccc2cc1C=O. The Balaban J connectivity index is 2.33. The molecular weight excluding hydrogens is 358 g/mol. The summed E-state index contributed by atoms with van der Waals surface area (Å²) in [5, 5.41) is 1.22. The number of halogens is 1. The fourth-order valence-electron chi connectivity index (χ4n) is 2.61. The largest absolute Gasteiger partial charge is 0.496 e. The third-order valence-corrected chi connectivity index (χ3v) is 4.74. The van der Waals surface area contributed by atoms with Crippen LogP contribution in [-0.4, -0.2) is 18.0 Å². The molecule has 3 aromatic rings. The van der Waals surface area contributed by atoms with Gasteiger partial charge in [0.25, 0.3) is 5.56 Å². The molecule has 0 aliphatic heterocycles. The molecule has 1 heterocycles. The van der Waals surface area contributed by atoms with Crippen molar-refractivity contribution < 1.29 is 9.53 Å². The van der Waals surface area contributed by atoms with Crippen molar-refractivity contribution in [3.63, 3.8) is 0 Å². The minimum Gasteiger partial charge on any atom is -0.496 e. The first-order valence-electron chi connectivity index (χ1n) is 7.01. The summed E-state index contributed by atoms with van der Waals surface area (Å²) in [5.41, 5.74) is 2.06. The molecule has 0 unspecified atom stereocenters. The van der Waals surface area contributed by atoms with Crippen LogP contribution in [0.2, 0.25) is 0 Å². The van der Waals surface area contributed by atoms with E-state index in [-0.39, 0.29) is 5.56 Å². The van der Waals surface area contributed by atoms with Gasteiger partial charge in [0.2, 0.25) is 0 Å². The monoisotopic (exact) mass is 371 g/mol. The first-order valence-corrected chi connectivity index (χ1v) is 7.80. The highest BCUT2D eigenvalue weighted by molar-refractivity contribution is 9.10. The lowest BCUT2D eigenvalue weighted by atomic mass is 10.1. The smallest absolute Gasteiger partial charge is 0.263 e. The fraction of sp³-hybridized carbons (Fsp3) is 0.111. The maximum absolute atomic E-state index is 12.9. The number of carbonyl (C=O) groups excluding carboxylic acids is 1. The summed E-state index contributed by atoms with van der Waals surface area (Å²) in [6.07, 6.45) is 2.45. The topological polar surface area (TPSA) is 48.3 Å². The second kappa shape index (κ2) is 6.01. The molecule has 0 saturated carbocycles. The van der Waals surface area contributed by atoms with Crippen LogP contribution < -0.4 is 10.3 Å². The molecule has 116 valence electrons. The predicted molar refractivity (Wildman–Crippen MR) is 93.9 cm³/mol. The molecule has 0 bridgehead atoms. The van der Waals surface area contributed by atoms with E-state index < -0.39 is 0 Å². The Morgan fingerprint density at radius 1 is 1.22 bits per heavy atom. The summed E-state index contributed by atoms with van der Waals surface area (Å²) < 4.78 is 7.74. The number of fused-ring (bicyclic) bond motifs is 1. The van der Waals surface area contributed by atoms with Crippen molar-refractivity contribution in [1.29, 1.82) is 0 Å². The van der Waals surface area contributed by atoms with Crippen LogP contribution >= 0.6 is 15.9 Å². The van der Waals surface area contributed by atoms with Crippen LogP contribution in [0.15, 0.2) is 51.9 Å². The van der Waals surface area contributed by atoms with Crippen molar-refractivity contribution in [2.24, 2.45) is 0 Å². The van der Waals surface area contributed by atoms with Gasteiger partial charge in [0.05, 0.1) is 23.7 Å². The molecule has 0 N–H and O–H groups in total. The van der Waals surface area contributed by atoms with E-state index in [1.165, 1.54) is 7.11 Å². The lowest BCUT2D eigenvalue weighted by Crippen LogP contribution is -2.18. The van der Waals surface area contributed by atoms with Crippen molar-refractivity contribution in [2.75, 3.05) is 7.11 Å². The summed E-state index contributed by atoms with van der Waals surface area (Å²) in [6, 6.07) is 10.8. The Morgan fingerprint density at radius 2 is 2.00 bits per heavy atom. The minimum atomic E-state index is -0.153. The molecule has 0 aliphatic rings. The molecule has 4 nitrogen and oxygen atoms in total. The van der Waals surface area contributed by atoms with Gasteiger partial charge in [-0.1, -0.05) is 22.0 Å². The standard InChI is InChI=1S/C18H14BrNO3/c1-11-15(19)4-3-5-16(11)20-7-6-12-8-13(10-21)17(23-2)9-14(12)18(20)22/h3-10H,1-2H3. The maximum atomic E-state index is 12.9. The van der Waals surface area contributed by atoms with Gasteiger partial charge in [-0.05, 0) is 48.2 Å². The second-order valence-corrected chi connectivity index (χ2v) is 6.03. The third-order valence-electron chi connectivity index (χ3n) is 3.88. The zero-order valence-corrected chi connectivity index (χ0v) is 14.3. The molecule has 5 heteroatoms. The Labute approximate surface area is 141 Å². The number of carbonyl (C=O) groups is 1. The van der Waals surface area contributed by atoms with E-state index in [1.54, 1.807) is 22.9 Å². The van der Waals surface area contributed by atoms with Gasteiger partial charge in [0.1, 0.15) is 5.75 Å². The number of ether oxygens (including phenoxy) is 1. The molecule has 0 amide bonds. The number of nitrogens with zero attached hydrogens (tertiary/aromatic N) is 1. The van der Waals surface area contributed by atoms with Gasteiger partial charge in [-0.3, -0.25) is 14.2 Å². The quantitative estimate of drug-likeness (QED) is 0.656. The highest BCUT2D eigenvalue weighted by Crippen LogP contribution is 2.25. The molecule has 0 atom stereocenters. The van der Waals surface area contributed by atoms with E-state index in [0.29, 0.717) is 22.1 Å². The van der Waals surface area contributed by atoms with Crippen molar-refractivity contribution in [2.45, 2.75) is 6.92 Å². The van der Waals surface area contributed by atoms with E-state index in [0.717, 1.165) is 22.0 Å². The summed E-state index contributed by atoms with van der Waals surface area (Å²) in [4.78, 5) is 24.0. The number of rotatable bonds is 3. The average molecular weight is 372 g/mol. The Morgan fingerprint density at radius 3 is 2.70 bits per heavy atom. The zero-order valence-electron chi connectivity index (χ0n) is 12.7. The van der Waals surface area contributed by atoms with Gasteiger partial charge in [-0.25, -0.2) is 0 Å². The van der Waals surface area contributed by atoms with Crippen LogP contribution in [0.3, 0.4) is 0 Å². The molecule has 0 radical (unpaired) electrons. The van der Waals surface area contributed by atoms with Crippen LogP contribution in [0.4, 0.5) is 0 Å². The molecule has 0 saturated heterocycles. The van der Waals surface area contributed by atoms with Crippen LogP contribution in [0.25, 0.3) is 16.5 Å². The van der Waals surface area contributed by atoms with Gasteiger partial charge in [-0.2, -0.15) is 0 Å². The third kappa shape index (κ3) is 2.57. The van der Waals surface area contributed by atoms with Crippen LogP contribution in [0.5, 0.6) is 5.75 Å². The molecule has 0 aliphatic carbocycles. The number of methoxy groups -OCH3 is 1. The first-order chi connectivity index (χ1) is 11.1. The maximum Gasteiger partial charge on any atom is 0.263 e. The molecule has 1 aromatic heterocycles. The Kier molecular flexibility index (Phi) is 4.05. The van der Waals surface area contributed by atoms with Crippen LogP contribution in [-0.2, 0) is 0 Å². The fourth-order valence-corrected chi connectivity index (χ4v) is 2.96. The van der Waals surface area contributed by atoms with Crippen LogP contribution in [0, 0.1) is 6.92 Å². The molecule has 3 rings (SSSR count). The van der Waals surface area contributed by atoms with E-state index in [1.807, 2.05) is 31.2 Å². The predicted octanol–water partition coefficient (Wildman–Crippen LogP) is 3.88. The van der Waals surface area contributed by atoms with Gasteiger partial charge in [-0.15, -0.1) is 0 Å². The van der Waals surface area contributed by atoms with Crippen LogP contribution in [0.1, 0.15) is 15.9 Å². The normalized spacial score (nSPS) is 10.7. The molecule has 0 fully saturated rings. The van der Waals surface area contributed by atoms with E-state index in [2.05, 4.69) is 15.9 Å². The highest BCUT2D eigenvalue weighted by Gasteiger charge is 2.11. The molecular formula is C18H14BrNO3. The summed E-state index contributed by atoms with van der Waals surface area (Å²) in [6.45, 7) is 1.95. The van der Waals surface area contributed by atoms with E-state index in [9.17, 15) is 9.59 Å². The molecule has 23 heavy (non-hydrogen) atoms. The van der Waals surface area contributed by atoms with Crippen molar-refractivity contribution in [1.82, 2.24) is 4.57 Å². The number of hydrogen-bond acceptors (Lipinski definition) is 3. The van der Waals surface area contributed by atoms with Gasteiger partial charge in [0, 0.05) is 10.7 Å². The van der Waals surface area contributed by atoms with Crippen molar-refractivity contribution >= 4 is 33.0 Å². The van der Waals surface area contributed by atoms with E-state index in [4.69, 9.17) is 4.74 Å². The molecule has 2 aromatic carbocycles. The summed E-state index contributed by atoms with van der Waals surface area (Å²) in [5.74, 6) is 0.397. The summed E-state index contributed by atoms with van der Waals surface area (Å²) in [7, 11) is 1.48.